The van der Waals surface area contributed by atoms with Crippen LogP contribution in [0.1, 0.15) is 31.2 Å². The predicted molar refractivity (Wildman–Crippen MR) is 106 cm³/mol. The minimum Gasteiger partial charge on any atom is -0.369 e. The average molecular weight is 373 g/mol. The van der Waals surface area contributed by atoms with Crippen molar-refractivity contribution in [2.45, 2.75) is 38.1 Å². The molecule has 6 heteroatoms. The van der Waals surface area contributed by atoms with Gasteiger partial charge in [-0.25, -0.2) is 0 Å². The van der Waals surface area contributed by atoms with Crippen molar-refractivity contribution >= 4 is 11.8 Å². The van der Waals surface area contributed by atoms with Crippen molar-refractivity contribution in [2.75, 3.05) is 39.3 Å². The molecule has 0 bridgehead atoms. The molecule has 1 aromatic rings. The first-order valence-corrected chi connectivity index (χ1v) is 10.2. The van der Waals surface area contributed by atoms with E-state index in [1.54, 1.807) is 0 Å². The molecule has 0 aromatic heterocycles. The fourth-order valence-electron chi connectivity index (χ4n) is 4.33. The van der Waals surface area contributed by atoms with E-state index < -0.39 is 0 Å². The number of carbonyl (C=O) groups is 2. The van der Waals surface area contributed by atoms with Gasteiger partial charge >= 0.3 is 0 Å². The lowest BCUT2D eigenvalue weighted by molar-refractivity contribution is -0.127. The van der Waals surface area contributed by atoms with E-state index in [9.17, 15) is 9.59 Å². The summed E-state index contributed by atoms with van der Waals surface area (Å²) in [5.74, 6) is 0.0404. The van der Waals surface area contributed by atoms with Gasteiger partial charge in [-0.1, -0.05) is 30.3 Å². The van der Waals surface area contributed by atoms with Gasteiger partial charge in [-0.3, -0.25) is 19.4 Å². The molecule has 27 heavy (non-hydrogen) atoms. The van der Waals surface area contributed by atoms with Gasteiger partial charge in [0, 0.05) is 32.2 Å². The number of amides is 2. The summed E-state index contributed by atoms with van der Waals surface area (Å²) in [4.78, 5) is 28.3. The standard InChI is InChI=1S/C21H32N4O2/c22-20(26)16-24-13-9-19(10-14-24)25-12-4-7-18(15-25)21(27)23-11-8-17-5-2-1-3-6-17/h1-3,5-6,18-19H,4,7-16H2,(H2,22,26)(H,23,27)/t18-/m1/s1. The van der Waals surface area contributed by atoms with Gasteiger partial charge in [0.05, 0.1) is 12.5 Å². The van der Waals surface area contributed by atoms with E-state index in [0.29, 0.717) is 19.1 Å². The first kappa shape index (κ1) is 19.8. The molecular weight excluding hydrogens is 340 g/mol. The molecule has 0 radical (unpaired) electrons. The highest BCUT2D eigenvalue weighted by Gasteiger charge is 2.31. The first-order chi connectivity index (χ1) is 13.1. The first-order valence-electron chi connectivity index (χ1n) is 10.2. The minimum absolute atomic E-state index is 0.0955. The SMILES string of the molecule is NC(=O)CN1CCC(N2CCC[C@@H](C(=O)NCCc3ccccc3)C2)CC1. The number of rotatable bonds is 7. The third-order valence-electron chi connectivity index (χ3n) is 5.83. The van der Waals surface area contributed by atoms with E-state index in [1.807, 2.05) is 18.2 Å². The zero-order valence-corrected chi connectivity index (χ0v) is 16.1. The summed E-state index contributed by atoms with van der Waals surface area (Å²) in [7, 11) is 0. The fourth-order valence-corrected chi connectivity index (χ4v) is 4.33. The molecule has 0 spiro atoms. The Morgan fingerprint density at radius 3 is 2.52 bits per heavy atom. The third kappa shape index (κ3) is 6.04. The Balaban J connectivity index is 1.41. The molecule has 2 saturated heterocycles. The highest BCUT2D eigenvalue weighted by atomic mass is 16.2. The molecule has 2 heterocycles. The van der Waals surface area contributed by atoms with Crippen LogP contribution in [0, 0.1) is 5.92 Å². The van der Waals surface area contributed by atoms with E-state index in [0.717, 1.165) is 58.3 Å². The number of nitrogens with zero attached hydrogens (tertiary/aromatic N) is 2. The van der Waals surface area contributed by atoms with Gasteiger partial charge in [0.2, 0.25) is 11.8 Å². The Labute approximate surface area is 162 Å². The van der Waals surface area contributed by atoms with Gasteiger partial charge in [-0.15, -0.1) is 0 Å². The summed E-state index contributed by atoms with van der Waals surface area (Å²) in [6.45, 7) is 4.83. The van der Waals surface area contributed by atoms with Crippen molar-refractivity contribution in [3.63, 3.8) is 0 Å². The maximum atomic E-state index is 12.6. The Morgan fingerprint density at radius 1 is 1.07 bits per heavy atom. The molecule has 6 nitrogen and oxygen atoms in total. The number of hydrogen-bond acceptors (Lipinski definition) is 4. The summed E-state index contributed by atoms with van der Waals surface area (Å²) in [6, 6.07) is 10.8. The Bertz CT molecular complexity index is 614. The lowest BCUT2D eigenvalue weighted by Gasteiger charge is -2.41. The van der Waals surface area contributed by atoms with Crippen LogP contribution in [0.2, 0.25) is 0 Å². The molecule has 2 fully saturated rings. The van der Waals surface area contributed by atoms with Gasteiger partial charge in [-0.05, 0) is 44.2 Å². The molecule has 2 aliphatic rings. The van der Waals surface area contributed by atoms with Crippen molar-refractivity contribution in [3.05, 3.63) is 35.9 Å². The second kappa shape index (κ2) is 9.85. The lowest BCUT2D eigenvalue weighted by atomic mass is 9.93. The molecule has 0 unspecified atom stereocenters. The predicted octanol–water partition coefficient (Wildman–Crippen LogP) is 1.01. The summed E-state index contributed by atoms with van der Waals surface area (Å²) in [5.41, 5.74) is 6.55. The molecule has 1 atom stereocenters. The quantitative estimate of drug-likeness (QED) is 0.749. The molecule has 148 valence electrons. The normalized spacial score (nSPS) is 22.4. The van der Waals surface area contributed by atoms with Gasteiger partial charge in [0.1, 0.15) is 0 Å². The molecule has 0 aliphatic carbocycles. The molecule has 2 aliphatic heterocycles. The number of carbonyl (C=O) groups excluding carboxylic acids is 2. The van der Waals surface area contributed by atoms with Crippen molar-refractivity contribution in [2.24, 2.45) is 11.7 Å². The number of nitrogens with two attached hydrogens (primary N) is 1. The second-order valence-corrected chi connectivity index (χ2v) is 7.83. The van der Waals surface area contributed by atoms with Crippen molar-refractivity contribution in [1.82, 2.24) is 15.1 Å². The fraction of sp³-hybridized carbons (Fsp3) is 0.619. The van der Waals surface area contributed by atoms with E-state index in [-0.39, 0.29) is 17.7 Å². The van der Waals surface area contributed by atoms with Crippen molar-refractivity contribution in [3.8, 4) is 0 Å². The Morgan fingerprint density at radius 2 is 1.81 bits per heavy atom. The number of benzene rings is 1. The van der Waals surface area contributed by atoms with Crippen LogP contribution in [-0.2, 0) is 16.0 Å². The molecule has 1 aromatic carbocycles. The molecule has 3 N–H and O–H groups in total. The van der Waals surface area contributed by atoms with Crippen LogP contribution in [0.15, 0.2) is 30.3 Å². The topological polar surface area (TPSA) is 78.7 Å². The zero-order chi connectivity index (χ0) is 19.1. The smallest absolute Gasteiger partial charge is 0.231 e. The molecule has 3 rings (SSSR count). The van der Waals surface area contributed by atoms with Gasteiger partial charge in [0.25, 0.3) is 0 Å². The second-order valence-electron chi connectivity index (χ2n) is 7.83. The van der Waals surface area contributed by atoms with E-state index >= 15 is 0 Å². The largest absolute Gasteiger partial charge is 0.369 e. The highest BCUT2D eigenvalue weighted by Crippen LogP contribution is 2.24. The van der Waals surface area contributed by atoms with Crippen LogP contribution in [0.25, 0.3) is 0 Å². The van der Waals surface area contributed by atoms with Crippen molar-refractivity contribution < 1.29 is 9.59 Å². The number of primary amides is 1. The van der Waals surface area contributed by atoms with Crippen LogP contribution in [0.5, 0.6) is 0 Å². The highest BCUT2D eigenvalue weighted by molar-refractivity contribution is 5.79. The average Bonchev–Trinajstić information content (AvgIpc) is 2.69. The molecule has 2 amide bonds. The molecular formula is C21H32N4O2. The Kier molecular flexibility index (Phi) is 7.24. The van der Waals surface area contributed by atoms with E-state index in [2.05, 4.69) is 27.2 Å². The monoisotopic (exact) mass is 372 g/mol. The van der Waals surface area contributed by atoms with Crippen LogP contribution in [0.4, 0.5) is 0 Å². The number of nitrogens with one attached hydrogen (secondary N) is 1. The summed E-state index contributed by atoms with van der Waals surface area (Å²) in [5, 5.41) is 3.13. The third-order valence-corrected chi connectivity index (χ3v) is 5.83. The van der Waals surface area contributed by atoms with Crippen LogP contribution in [-0.4, -0.2) is 66.9 Å². The van der Waals surface area contributed by atoms with Crippen LogP contribution < -0.4 is 11.1 Å². The van der Waals surface area contributed by atoms with E-state index in [1.165, 1.54) is 5.56 Å². The maximum absolute atomic E-state index is 12.6. The minimum atomic E-state index is -0.251. The van der Waals surface area contributed by atoms with Crippen molar-refractivity contribution in [1.29, 1.82) is 0 Å². The van der Waals surface area contributed by atoms with Gasteiger partial charge < -0.3 is 11.1 Å². The number of piperidine rings is 2. The van der Waals surface area contributed by atoms with Crippen LogP contribution in [0.3, 0.4) is 0 Å². The Hall–Kier alpha value is -1.92. The lowest BCUT2D eigenvalue weighted by Crippen LogP contribution is -2.51. The number of likely N-dealkylation sites (tertiary alicyclic amines) is 2. The van der Waals surface area contributed by atoms with Gasteiger partial charge in [0.15, 0.2) is 0 Å². The summed E-state index contributed by atoms with van der Waals surface area (Å²) in [6.07, 6.45) is 5.04. The summed E-state index contributed by atoms with van der Waals surface area (Å²) >= 11 is 0. The zero-order valence-electron chi connectivity index (χ0n) is 16.1. The van der Waals surface area contributed by atoms with E-state index in [4.69, 9.17) is 5.73 Å². The number of hydrogen-bond donors (Lipinski definition) is 2. The molecule has 0 saturated carbocycles. The van der Waals surface area contributed by atoms with Gasteiger partial charge in [-0.2, -0.15) is 0 Å². The maximum Gasteiger partial charge on any atom is 0.231 e. The summed E-state index contributed by atoms with van der Waals surface area (Å²) < 4.78 is 0. The van der Waals surface area contributed by atoms with Crippen LogP contribution >= 0.6 is 0 Å².